The number of hydrogen-bond acceptors (Lipinski definition) is 3. The third kappa shape index (κ3) is 3.70. The monoisotopic (exact) mass is 320 g/mol. The number of esters is 1. The molecule has 0 aromatic heterocycles. The first-order valence-electron chi connectivity index (χ1n) is 4.58. The first-order valence-corrected chi connectivity index (χ1v) is 6.11. The van der Waals surface area contributed by atoms with E-state index in [1.807, 2.05) is 12.1 Å². The lowest BCUT2D eigenvalue weighted by molar-refractivity contribution is -0.132. The fraction of sp³-hybridized carbons (Fsp3) is 0.364. The third-order valence-electron chi connectivity index (χ3n) is 1.86. The zero-order valence-electron chi connectivity index (χ0n) is 8.75. The highest BCUT2D eigenvalue weighted by atomic mass is 127. The Morgan fingerprint density at radius 1 is 1.40 bits per heavy atom. The molecule has 0 bridgehead atoms. The van der Waals surface area contributed by atoms with Crippen LogP contribution in [0.4, 0.5) is 0 Å². The number of rotatable bonds is 4. The van der Waals surface area contributed by atoms with Crippen LogP contribution in [0.25, 0.3) is 0 Å². The molecule has 15 heavy (non-hydrogen) atoms. The molecule has 1 aromatic rings. The van der Waals surface area contributed by atoms with E-state index in [0.717, 1.165) is 10.8 Å². The van der Waals surface area contributed by atoms with Crippen LogP contribution in [0.15, 0.2) is 18.2 Å². The van der Waals surface area contributed by atoms with E-state index in [4.69, 9.17) is 9.47 Å². The number of carbonyl (C=O) groups is 1. The van der Waals surface area contributed by atoms with E-state index in [1.165, 1.54) is 12.5 Å². The Hall–Kier alpha value is -0.780. The summed E-state index contributed by atoms with van der Waals surface area (Å²) in [5.41, 5.74) is 1.18. The van der Waals surface area contributed by atoms with Crippen molar-refractivity contribution >= 4 is 28.6 Å². The molecule has 0 saturated carbocycles. The van der Waals surface area contributed by atoms with Crippen molar-refractivity contribution in [2.75, 3.05) is 11.5 Å². The van der Waals surface area contributed by atoms with Gasteiger partial charge < -0.3 is 9.47 Å². The molecule has 82 valence electrons. The van der Waals surface area contributed by atoms with Gasteiger partial charge in [-0.1, -0.05) is 28.7 Å². The minimum absolute atomic E-state index is 0.338. The zero-order valence-corrected chi connectivity index (χ0v) is 10.9. The van der Waals surface area contributed by atoms with Gasteiger partial charge in [0.05, 0.1) is 7.11 Å². The van der Waals surface area contributed by atoms with Crippen LogP contribution in [0, 0.1) is 0 Å². The van der Waals surface area contributed by atoms with Gasteiger partial charge in [-0.15, -0.1) is 0 Å². The molecule has 1 aromatic carbocycles. The Morgan fingerprint density at radius 3 is 2.67 bits per heavy atom. The molecule has 0 atom stereocenters. The van der Waals surface area contributed by atoms with E-state index in [1.54, 1.807) is 13.2 Å². The molecular formula is C11H13IO3. The first kappa shape index (κ1) is 12.3. The van der Waals surface area contributed by atoms with E-state index >= 15 is 0 Å². The maximum Gasteiger partial charge on any atom is 0.308 e. The Labute approximate surface area is 103 Å². The van der Waals surface area contributed by atoms with Gasteiger partial charge in [-0.2, -0.15) is 0 Å². The van der Waals surface area contributed by atoms with Gasteiger partial charge in [0.15, 0.2) is 11.5 Å². The SMILES string of the molecule is COc1cc(CCI)ccc1OC(C)=O. The Balaban J connectivity index is 2.92. The number of carbonyl (C=O) groups excluding carboxylic acids is 1. The topological polar surface area (TPSA) is 35.5 Å². The van der Waals surface area contributed by atoms with Crippen molar-refractivity contribution in [1.82, 2.24) is 0 Å². The Bertz CT molecular complexity index is 350. The molecule has 0 aliphatic carbocycles. The summed E-state index contributed by atoms with van der Waals surface area (Å²) in [5, 5.41) is 0. The number of aryl methyl sites for hydroxylation is 1. The quantitative estimate of drug-likeness (QED) is 0.370. The van der Waals surface area contributed by atoms with E-state index < -0.39 is 0 Å². The summed E-state index contributed by atoms with van der Waals surface area (Å²) in [7, 11) is 1.57. The number of ether oxygens (including phenoxy) is 2. The van der Waals surface area contributed by atoms with Gasteiger partial charge in [0.1, 0.15) is 0 Å². The van der Waals surface area contributed by atoms with Gasteiger partial charge in [-0.05, 0) is 24.1 Å². The van der Waals surface area contributed by atoms with Crippen molar-refractivity contribution in [2.45, 2.75) is 13.3 Å². The van der Waals surface area contributed by atoms with Crippen molar-refractivity contribution in [3.8, 4) is 11.5 Å². The maximum atomic E-state index is 10.8. The molecule has 0 aliphatic heterocycles. The number of benzene rings is 1. The summed E-state index contributed by atoms with van der Waals surface area (Å²) in [5.74, 6) is 0.740. The van der Waals surface area contributed by atoms with Crippen molar-refractivity contribution < 1.29 is 14.3 Å². The molecule has 0 aliphatic rings. The molecule has 0 unspecified atom stereocenters. The van der Waals surface area contributed by atoms with Crippen molar-refractivity contribution in [2.24, 2.45) is 0 Å². The van der Waals surface area contributed by atoms with E-state index in [-0.39, 0.29) is 5.97 Å². The number of hydrogen-bond donors (Lipinski definition) is 0. The number of methoxy groups -OCH3 is 1. The standard InChI is InChI=1S/C11H13IO3/c1-8(13)15-10-4-3-9(5-6-12)7-11(10)14-2/h3-4,7H,5-6H2,1-2H3. The van der Waals surface area contributed by atoms with E-state index in [2.05, 4.69) is 22.6 Å². The summed E-state index contributed by atoms with van der Waals surface area (Å²) in [6.45, 7) is 1.37. The minimum Gasteiger partial charge on any atom is -0.493 e. The average Bonchev–Trinajstić information content (AvgIpc) is 2.20. The second-order valence-corrected chi connectivity index (χ2v) is 4.10. The molecule has 4 heteroatoms. The van der Waals surface area contributed by atoms with Gasteiger partial charge in [-0.25, -0.2) is 0 Å². The van der Waals surface area contributed by atoms with Gasteiger partial charge >= 0.3 is 5.97 Å². The third-order valence-corrected chi connectivity index (χ3v) is 2.40. The van der Waals surface area contributed by atoms with Crippen molar-refractivity contribution in [3.05, 3.63) is 23.8 Å². The van der Waals surface area contributed by atoms with E-state index in [0.29, 0.717) is 11.5 Å². The maximum absolute atomic E-state index is 10.8. The summed E-state index contributed by atoms with van der Waals surface area (Å²) in [6, 6.07) is 5.61. The molecular weight excluding hydrogens is 307 g/mol. The van der Waals surface area contributed by atoms with Gasteiger partial charge in [0, 0.05) is 11.4 Å². The van der Waals surface area contributed by atoms with Gasteiger partial charge in [-0.3, -0.25) is 4.79 Å². The van der Waals surface area contributed by atoms with Crippen LogP contribution in [-0.2, 0) is 11.2 Å². The van der Waals surface area contributed by atoms with Crippen molar-refractivity contribution in [3.63, 3.8) is 0 Å². The molecule has 0 radical (unpaired) electrons. The molecule has 0 heterocycles. The highest BCUT2D eigenvalue weighted by Crippen LogP contribution is 2.28. The molecule has 0 amide bonds. The van der Waals surface area contributed by atoms with Crippen molar-refractivity contribution in [1.29, 1.82) is 0 Å². The van der Waals surface area contributed by atoms with Crippen LogP contribution in [-0.4, -0.2) is 17.5 Å². The van der Waals surface area contributed by atoms with Crippen LogP contribution < -0.4 is 9.47 Å². The minimum atomic E-state index is -0.338. The lowest BCUT2D eigenvalue weighted by Crippen LogP contribution is -2.03. The van der Waals surface area contributed by atoms with Gasteiger partial charge in [0.25, 0.3) is 0 Å². The summed E-state index contributed by atoms with van der Waals surface area (Å²) >= 11 is 2.32. The lowest BCUT2D eigenvalue weighted by atomic mass is 10.1. The van der Waals surface area contributed by atoms with Gasteiger partial charge in [0.2, 0.25) is 0 Å². The zero-order chi connectivity index (χ0) is 11.3. The summed E-state index contributed by atoms with van der Waals surface area (Å²) in [6.07, 6.45) is 0.983. The average molecular weight is 320 g/mol. The largest absolute Gasteiger partial charge is 0.493 e. The second kappa shape index (κ2) is 5.95. The molecule has 0 N–H and O–H groups in total. The molecule has 0 fully saturated rings. The highest BCUT2D eigenvalue weighted by molar-refractivity contribution is 14.1. The fourth-order valence-corrected chi connectivity index (χ4v) is 1.84. The predicted octanol–water partition coefficient (Wildman–Crippen LogP) is 2.60. The predicted molar refractivity (Wildman–Crippen MR) is 66.9 cm³/mol. The Morgan fingerprint density at radius 2 is 2.13 bits per heavy atom. The molecule has 3 nitrogen and oxygen atoms in total. The summed E-state index contributed by atoms with van der Waals surface area (Å²) in [4.78, 5) is 10.8. The smallest absolute Gasteiger partial charge is 0.308 e. The molecule has 0 spiro atoms. The molecule has 0 saturated heterocycles. The Kier molecular flexibility index (Phi) is 4.87. The second-order valence-electron chi connectivity index (χ2n) is 3.02. The lowest BCUT2D eigenvalue weighted by Gasteiger charge is -2.09. The number of halogens is 1. The molecule has 1 rings (SSSR count). The highest BCUT2D eigenvalue weighted by Gasteiger charge is 2.07. The van der Waals surface area contributed by atoms with Crippen LogP contribution in [0.5, 0.6) is 11.5 Å². The first-order chi connectivity index (χ1) is 7.17. The van der Waals surface area contributed by atoms with Crippen LogP contribution in [0.3, 0.4) is 0 Å². The van der Waals surface area contributed by atoms with Crippen LogP contribution >= 0.6 is 22.6 Å². The normalized spacial score (nSPS) is 9.80. The van der Waals surface area contributed by atoms with Crippen LogP contribution in [0.2, 0.25) is 0 Å². The number of alkyl halides is 1. The van der Waals surface area contributed by atoms with Crippen LogP contribution in [0.1, 0.15) is 12.5 Å². The van der Waals surface area contributed by atoms with E-state index in [9.17, 15) is 4.79 Å². The fourth-order valence-electron chi connectivity index (χ4n) is 1.22. The summed E-state index contributed by atoms with van der Waals surface area (Å²) < 4.78 is 11.2.